The van der Waals surface area contributed by atoms with E-state index in [9.17, 15) is 14.4 Å². The third-order valence-corrected chi connectivity index (χ3v) is 16.3. The van der Waals surface area contributed by atoms with Gasteiger partial charge in [0.1, 0.15) is 13.2 Å². The van der Waals surface area contributed by atoms with Crippen molar-refractivity contribution >= 4 is 17.9 Å². The summed E-state index contributed by atoms with van der Waals surface area (Å²) in [5.74, 6) is -0.862. The van der Waals surface area contributed by atoms with Crippen LogP contribution in [0.4, 0.5) is 0 Å². The molecule has 0 saturated heterocycles. The van der Waals surface area contributed by atoms with Gasteiger partial charge in [0.2, 0.25) is 0 Å². The van der Waals surface area contributed by atoms with Crippen molar-refractivity contribution in [1.29, 1.82) is 0 Å². The summed E-state index contributed by atoms with van der Waals surface area (Å²) in [4.78, 5) is 38.5. The van der Waals surface area contributed by atoms with Crippen LogP contribution in [0.15, 0.2) is 60.8 Å². The summed E-state index contributed by atoms with van der Waals surface area (Å²) in [6.07, 6.45) is 91.1. The molecule has 0 bridgehead atoms. The molecule has 0 fully saturated rings. The van der Waals surface area contributed by atoms with Crippen molar-refractivity contribution in [2.75, 3.05) is 13.2 Å². The van der Waals surface area contributed by atoms with Crippen molar-refractivity contribution in [1.82, 2.24) is 0 Å². The van der Waals surface area contributed by atoms with E-state index in [2.05, 4.69) is 81.5 Å². The van der Waals surface area contributed by atoms with Crippen LogP contribution in [0.5, 0.6) is 0 Å². The molecule has 0 aliphatic rings. The summed E-state index contributed by atoms with van der Waals surface area (Å²) in [7, 11) is 0. The van der Waals surface area contributed by atoms with Gasteiger partial charge in [-0.25, -0.2) is 0 Å². The van der Waals surface area contributed by atoms with Crippen LogP contribution in [0.2, 0.25) is 0 Å². The van der Waals surface area contributed by atoms with Gasteiger partial charge in [0.25, 0.3) is 0 Å². The molecule has 0 radical (unpaired) electrons. The number of rotatable bonds is 67. The number of allylic oxidation sites excluding steroid dienone is 10. The minimum atomic E-state index is -0.780. The lowest BCUT2D eigenvalue weighted by atomic mass is 10.0. The number of ether oxygens (including phenoxy) is 3. The van der Waals surface area contributed by atoms with E-state index >= 15 is 0 Å². The van der Waals surface area contributed by atoms with Crippen LogP contribution in [-0.4, -0.2) is 37.2 Å². The molecule has 0 rings (SSSR count). The predicted molar refractivity (Wildman–Crippen MR) is 358 cm³/mol. The fraction of sp³-hybridized carbons (Fsp3) is 0.829. The van der Waals surface area contributed by atoms with Crippen molar-refractivity contribution < 1.29 is 28.6 Å². The molecule has 6 nitrogen and oxygen atoms in total. The second kappa shape index (κ2) is 70.6. The smallest absolute Gasteiger partial charge is 0.306 e. The average Bonchev–Trinajstić information content (AvgIpc) is 3.47. The Balaban J connectivity index is 4.27. The maximum atomic E-state index is 13.0. The number of hydrogen-bond acceptors (Lipinski definition) is 6. The Kier molecular flexibility index (Phi) is 68.1. The maximum absolute atomic E-state index is 13.0. The summed E-state index contributed by atoms with van der Waals surface area (Å²) in [5, 5.41) is 0. The average molecular weight is 1150 g/mol. The summed E-state index contributed by atoms with van der Waals surface area (Å²) in [5.41, 5.74) is 0. The molecule has 0 aromatic rings. The lowest BCUT2D eigenvalue weighted by molar-refractivity contribution is -0.167. The highest BCUT2D eigenvalue weighted by Gasteiger charge is 2.19. The molecular weight excluding hydrogens is 1010 g/mol. The van der Waals surface area contributed by atoms with E-state index < -0.39 is 6.10 Å². The fourth-order valence-electron chi connectivity index (χ4n) is 10.8. The highest BCUT2D eigenvalue weighted by Crippen LogP contribution is 2.18. The summed E-state index contributed by atoms with van der Waals surface area (Å²) >= 11 is 0. The van der Waals surface area contributed by atoms with Crippen molar-refractivity contribution in [3.05, 3.63) is 60.8 Å². The number of esters is 3. The normalized spacial score (nSPS) is 12.4. The summed E-state index contributed by atoms with van der Waals surface area (Å²) < 4.78 is 17.0. The van der Waals surface area contributed by atoms with Gasteiger partial charge in [-0.1, -0.05) is 345 Å². The van der Waals surface area contributed by atoms with Gasteiger partial charge in [0.05, 0.1) is 0 Å². The molecule has 0 saturated carbocycles. The Labute approximate surface area is 510 Å². The summed E-state index contributed by atoms with van der Waals surface area (Å²) in [6.45, 7) is 6.58. The first-order chi connectivity index (χ1) is 40.5. The fourth-order valence-corrected chi connectivity index (χ4v) is 10.8. The zero-order chi connectivity index (χ0) is 59.2. The highest BCUT2D eigenvalue weighted by atomic mass is 16.6. The Morgan fingerprint density at radius 3 is 0.756 bits per heavy atom. The SMILES string of the molecule is CC/C=C\C/C=C\C/C=C\C/C=C\CCCCCCCCCCCCC(=O)OC(COC(=O)CCCCCCC/C=C\CCCCCCCC)COC(=O)CCCCCCCCCCCCCCCCCCCCCCCCCCCC. The van der Waals surface area contributed by atoms with E-state index in [0.717, 1.165) is 89.9 Å². The van der Waals surface area contributed by atoms with E-state index in [4.69, 9.17) is 14.2 Å². The topological polar surface area (TPSA) is 78.9 Å². The molecular formula is C76H138O6. The van der Waals surface area contributed by atoms with Crippen LogP contribution >= 0.6 is 0 Å². The quantitative estimate of drug-likeness (QED) is 0.0261. The van der Waals surface area contributed by atoms with Crippen molar-refractivity contribution in [2.24, 2.45) is 0 Å². The van der Waals surface area contributed by atoms with E-state index in [1.807, 2.05) is 0 Å². The van der Waals surface area contributed by atoms with Gasteiger partial charge < -0.3 is 14.2 Å². The molecule has 478 valence electrons. The van der Waals surface area contributed by atoms with Crippen molar-refractivity contribution in [2.45, 2.75) is 393 Å². The van der Waals surface area contributed by atoms with Crippen LogP contribution in [-0.2, 0) is 28.6 Å². The molecule has 82 heavy (non-hydrogen) atoms. The number of hydrogen-bond donors (Lipinski definition) is 0. The number of carbonyl (C=O) groups is 3. The zero-order valence-corrected chi connectivity index (χ0v) is 55.0. The minimum Gasteiger partial charge on any atom is -0.462 e. The molecule has 0 amide bonds. The molecule has 6 heteroatoms. The van der Waals surface area contributed by atoms with E-state index in [1.165, 1.54) is 257 Å². The van der Waals surface area contributed by atoms with Gasteiger partial charge >= 0.3 is 17.9 Å². The van der Waals surface area contributed by atoms with E-state index in [0.29, 0.717) is 19.3 Å². The van der Waals surface area contributed by atoms with E-state index in [-0.39, 0.29) is 31.1 Å². The molecule has 1 unspecified atom stereocenters. The largest absolute Gasteiger partial charge is 0.462 e. The second-order valence-corrected chi connectivity index (χ2v) is 24.5. The van der Waals surface area contributed by atoms with Crippen LogP contribution in [0.1, 0.15) is 387 Å². The maximum Gasteiger partial charge on any atom is 0.306 e. The van der Waals surface area contributed by atoms with Crippen LogP contribution in [0, 0.1) is 0 Å². The summed E-state index contributed by atoms with van der Waals surface area (Å²) in [6, 6.07) is 0. The van der Waals surface area contributed by atoms with E-state index in [1.54, 1.807) is 0 Å². The zero-order valence-electron chi connectivity index (χ0n) is 55.0. The second-order valence-electron chi connectivity index (χ2n) is 24.5. The van der Waals surface area contributed by atoms with Gasteiger partial charge in [-0.05, 0) is 83.5 Å². The van der Waals surface area contributed by atoms with Gasteiger partial charge in [0, 0.05) is 19.3 Å². The van der Waals surface area contributed by atoms with Crippen LogP contribution in [0.3, 0.4) is 0 Å². The predicted octanol–water partition coefficient (Wildman–Crippen LogP) is 25.1. The first-order valence-corrected chi connectivity index (χ1v) is 36.3. The first kappa shape index (κ1) is 79.1. The molecule has 0 aliphatic heterocycles. The van der Waals surface area contributed by atoms with Gasteiger partial charge in [-0.2, -0.15) is 0 Å². The highest BCUT2D eigenvalue weighted by molar-refractivity contribution is 5.71. The van der Waals surface area contributed by atoms with Crippen molar-refractivity contribution in [3.8, 4) is 0 Å². The monoisotopic (exact) mass is 1150 g/mol. The lowest BCUT2D eigenvalue weighted by Crippen LogP contribution is -2.30. The first-order valence-electron chi connectivity index (χ1n) is 36.3. The minimum absolute atomic E-state index is 0.0742. The van der Waals surface area contributed by atoms with Gasteiger partial charge in [-0.3, -0.25) is 14.4 Å². The third kappa shape index (κ3) is 67.9. The van der Waals surface area contributed by atoms with Crippen molar-refractivity contribution in [3.63, 3.8) is 0 Å². The molecule has 1 atom stereocenters. The molecule has 0 spiro atoms. The molecule has 0 aromatic heterocycles. The molecule has 0 aromatic carbocycles. The Morgan fingerprint density at radius 2 is 0.476 bits per heavy atom. The molecule has 0 N–H and O–H groups in total. The lowest BCUT2D eigenvalue weighted by Gasteiger charge is -2.18. The van der Waals surface area contributed by atoms with Crippen LogP contribution in [0.25, 0.3) is 0 Å². The Morgan fingerprint density at radius 1 is 0.256 bits per heavy atom. The van der Waals surface area contributed by atoms with Gasteiger partial charge in [-0.15, -0.1) is 0 Å². The molecule has 0 aliphatic carbocycles. The Hall–Kier alpha value is -2.89. The standard InChI is InChI=1S/C76H138O6/c1-4-7-10-13-16-19-22-25-28-30-32-34-36-37-38-40-41-43-45-48-51-54-57-60-63-66-69-75(78)81-72-73(71-80-74(77)68-65-62-59-56-53-50-47-27-24-21-18-15-12-9-6-3)82-76(79)70-67-64-61-58-55-52-49-46-44-42-39-35-33-31-29-26-23-20-17-14-11-8-5-2/h8,11,17,20,26-27,29,33,35,47,73H,4-7,9-10,12-16,18-19,21-25,28,30-32,34,36-46,48-72H2,1-3H3/b11-8-,20-17-,29-26-,35-33-,47-27-. The number of carbonyl (C=O) groups excluding carboxylic acids is 3. The number of unbranched alkanes of at least 4 members (excludes halogenated alkanes) is 46. The van der Waals surface area contributed by atoms with Crippen LogP contribution < -0.4 is 0 Å². The Bertz CT molecular complexity index is 1460. The third-order valence-electron chi connectivity index (χ3n) is 16.3. The van der Waals surface area contributed by atoms with Gasteiger partial charge in [0.15, 0.2) is 6.10 Å². The molecule has 0 heterocycles.